The number of aliphatic carboxylic acids is 5. The molecule has 1 unspecified atom stereocenters. The minimum absolute atomic E-state index is 0.0799. The highest BCUT2D eigenvalue weighted by Crippen LogP contribution is 2.32. The Balaban J connectivity index is 0.000000215. The van der Waals surface area contributed by atoms with Gasteiger partial charge in [0.1, 0.15) is 12.1 Å². The van der Waals surface area contributed by atoms with Crippen molar-refractivity contribution in [3.05, 3.63) is 71.5 Å². The number of nitrogens with one attached hydrogen (secondary N) is 5. The highest BCUT2D eigenvalue weighted by molar-refractivity contribution is 5.83. The zero-order chi connectivity index (χ0) is 106. The van der Waals surface area contributed by atoms with Gasteiger partial charge in [-0.25, -0.2) is 28.8 Å². The second-order valence-corrected chi connectivity index (χ2v) is 31.7. The number of pyridine rings is 1. The van der Waals surface area contributed by atoms with Crippen molar-refractivity contribution in [2.24, 2.45) is 28.2 Å². The second-order valence-electron chi connectivity index (χ2n) is 31.7. The summed E-state index contributed by atoms with van der Waals surface area (Å²) in [5, 5.41) is 54.6. The normalized spacial score (nSPS) is 15.7. The van der Waals surface area contributed by atoms with Crippen LogP contribution in [0.4, 0.5) is 100 Å². The van der Waals surface area contributed by atoms with Crippen molar-refractivity contribution in [3.63, 3.8) is 0 Å². The molecule has 57 heteroatoms. The molecule has 10 N–H and O–H groups in total. The van der Waals surface area contributed by atoms with E-state index in [-0.39, 0.29) is 28.2 Å². The van der Waals surface area contributed by atoms with Crippen LogP contribution in [0.2, 0.25) is 0 Å². The third kappa shape index (κ3) is 29.4. The van der Waals surface area contributed by atoms with Crippen molar-refractivity contribution in [2.45, 2.75) is 150 Å². The number of carbonyl (C=O) groups excluding carboxylic acids is 1. The van der Waals surface area contributed by atoms with Crippen molar-refractivity contribution in [1.82, 2.24) is 103 Å². The molecule has 0 aliphatic carbocycles. The maximum Gasteiger partial charge on any atom is 0.490 e. The SMILES string of the molecule is CC#CCn1c(N2CCNCC2)nc2nc(N(CC)CC)n(C)c(=O)c21.CC#CCn1c(N2CCNCC2)nc2nc(N3CCCCC3C(=O)OCC)n(C)c(=O)c21.CC#CCn1c(N2CCNCC2)nc2nc(N3CCC[C@H]3C(=O)O)n(C)c(=O)c21.CC#CCn1c(N2CCNCC2)nc2nc(NCc3ccccn3)n(C)c(=O)c21.O=C(O)C(F)(F)F.O=C(O)C(F)(F)F.O=C(O)C(F)(F)F.O=C(O)C(F)(F)F. The van der Waals surface area contributed by atoms with E-state index in [9.17, 15) is 86.6 Å². The van der Waals surface area contributed by atoms with Crippen LogP contribution < -0.4 is 83.1 Å². The number of hydrogen-bond acceptors (Lipinski definition) is 32. The van der Waals surface area contributed by atoms with Crippen LogP contribution in [0.1, 0.15) is 86.3 Å². The standard InChI is InChI=1S/C22H31N7O3.C20H24N8O.C19H25N7O3.C18H27N7O.4C2HF3O2/c1-4-6-12-29-17-18(25-22(29)27-14-10-23-11-15-27)24-21(26(3)19(17)30)28-13-8-7-9-16(28)20(31)32-5-2;1-3-4-11-28-16-17(25-20(28)27-12-9-21-10-13-27)24-19(26(2)18(16)29)23-14-15-7-5-6-8-22-15;1-3-4-9-26-14-15(22-19(26)24-11-7-20-8-12-24)21-18(23(2)16(14)27)25-10-5-6-13(25)17(28)29;1-5-8-11-25-14-15(21-18(25)24-12-9-19-10-13-24)20-17(22(4)16(14)26)23(6-2)7-3;4*3-2(4,5)1(6)7/h16,23H,5,7-15H2,1-3H3;5-8,21H,9-14H2,1-2H3,(H,23,24);13,20H,5-12H2,1-2H3,(H,28,29);19H,6-7,9-13H2,1-4H3;4*(H,6,7)/t;;13-;;;;;/m..0...../s1. The molecule has 6 aliphatic rings. The Kier molecular flexibility index (Phi) is 41.4. The van der Waals surface area contributed by atoms with Crippen molar-refractivity contribution in [1.29, 1.82) is 0 Å². The molecule has 6 aliphatic heterocycles. The molecule has 15 heterocycles. The first-order valence-electron chi connectivity index (χ1n) is 45.0. The highest BCUT2D eigenvalue weighted by atomic mass is 19.4. The van der Waals surface area contributed by atoms with Crippen molar-refractivity contribution in [3.8, 4) is 47.4 Å². The summed E-state index contributed by atoms with van der Waals surface area (Å²) in [5.74, 6) is 16.5. The van der Waals surface area contributed by atoms with Gasteiger partial charge in [0.15, 0.2) is 44.7 Å². The number of aromatic nitrogens is 17. The average Bonchev–Trinajstić information content (AvgIpc) is 1.59. The van der Waals surface area contributed by atoms with E-state index in [1.54, 1.807) is 78.5 Å². The van der Waals surface area contributed by atoms with Crippen molar-refractivity contribution in [2.75, 3.05) is 177 Å². The molecular formula is C87H111F12N29O16. The quantitative estimate of drug-likeness (QED) is 0.0314. The number of piperidine rings is 1. The van der Waals surface area contributed by atoms with Gasteiger partial charge in [-0.1, -0.05) is 29.7 Å². The van der Waals surface area contributed by atoms with E-state index in [1.807, 2.05) is 41.4 Å². The Morgan fingerprint density at radius 2 is 0.722 bits per heavy atom. The first kappa shape index (κ1) is 114. The summed E-state index contributed by atoms with van der Waals surface area (Å²) >= 11 is 0. The summed E-state index contributed by atoms with van der Waals surface area (Å²) in [5.41, 5.74) is 3.72. The number of piperazine rings is 4. The molecule has 15 rings (SSSR count). The fourth-order valence-corrected chi connectivity index (χ4v) is 15.3. The van der Waals surface area contributed by atoms with Crippen LogP contribution in [-0.2, 0) is 94.4 Å². The lowest BCUT2D eigenvalue weighted by Crippen LogP contribution is -2.48. The highest BCUT2D eigenvalue weighted by Gasteiger charge is 2.42. The molecule has 0 saturated carbocycles. The van der Waals surface area contributed by atoms with Gasteiger partial charge in [-0.15, -0.1) is 23.7 Å². The van der Waals surface area contributed by atoms with Gasteiger partial charge in [-0.05, 0) is 92.7 Å². The van der Waals surface area contributed by atoms with Crippen molar-refractivity contribution < 1.29 is 112 Å². The third-order valence-electron chi connectivity index (χ3n) is 22.3. The Bertz CT molecular complexity index is 6420. The summed E-state index contributed by atoms with van der Waals surface area (Å²) in [6.07, 6.45) is -14.8. The molecule has 0 amide bonds. The number of nitrogens with zero attached hydrogens (tertiary/aromatic N) is 24. The van der Waals surface area contributed by atoms with E-state index in [4.69, 9.17) is 69.3 Å². The number of ether oxygens (including phenoxy) is 1. The molecule has 144 heavy (non-hydrogen) atoms. The predicted molar refractivity (Wildman–Crippen MR) is 505 cm³/mol. The molecule has 6 saturated heterocycles. The number of carboxylic acid groups (broad SMARTS) is 5. The molecular weight excluding hydrogens is 1940 g/mol. The number of halogens is 12. The number of alkyl halides is 12. The van der Waals surface area contributed by atoms with Gasteiger partial charge in [0, 0.05) is 165 Å². The number of carboxylic acids is 5. The van der Waals surface area contributed by atoms with Gasteiger partial charge in [-0.2, -0.15) is 92.6 Å². The van der Waals surface area contributed by atoms with Crippen LogP contribution in [0.5, 0.6) is 0 Å². The number of hydrogen-bond donors (Lipinski definition) is 10. The third-order valence-corrected chi connectivity index (χ3v) is 22.3. The lowest BCUT2D eigenvalue weighted by Gasteiger charge is -2.35. The van der Waals surface area contributed by atoms with Gasteiger partial charge >= 0.3 is 60.5 Å². The van der Waals surface area contributed by atoms with E-state index >= 15 is 0 Å². The molecule has 0 radical (unpaired) electrons. The summed E-state index contributed by atoms with van der Waals surface area (Å²) in [7, 11) is 6.82. The minimum Gasteiger partial charge on any atom is -0.480 e. The molecule has 9 aromatic heterocycles. The van der Waals surface area contributed by atoms with Crippen molar-refractivity contribution >= 4 is 128 Å². The molecule has 0 spiro atoms. The number of imidazole rings is 4. The lowest BCUT2D eigenvalue weighted by molar-refractivity contribution is -0.193. The molecule has 9 aromatic rings. The van der Waals surface area contributed by atoms with Crippen LogP contribution in [-0.4, -0.2) is 317 Å². The Morgan fingerprint density at radius 3 is 1.03 bits per heavy atom. The molecule has 6 fully saturated rings. The van der Waals surface area contributed by atoms with Gasteiger partial charge in [0.25, 0.3) is 22.2 Å². The topological polar surface area (TPSA) is 519 Å². The lowest BCUT2D eigenvalue weighted by atomic mass is 10.0. The average molecular weight is 2050 g/mol. The smallest absolute Gasteiger partial charge is 0.480 e. The molecule has 0 bridgehead atoms. The monoisotopic (exact) mass is 2050 g/mol. The molecule has 45 nitrogen and oxygen atoms in total. The van der Waals surface area contributed by atoms with Crippen LogP contribution in [0.25, 0.3) is 44.7 Å². The number of anilines is 8. The zero-order valence-electron chi connectivity index (χ0n) is 80.4. The van der Waals surface area contributed by atoms with E-state index in [1.165, 1.54) is 13.7 Å². The second kappa shape index (κ2) is 52.1. The van der Waals surface area contributed by atoms with Gasteiger partial charge < -0.3 is 91.2 Å². The summed E-state index contributed by atoms with van der Waals surface area (Å²) < 4.78 is 146. The van der Waals surface area contributed by atoms with E-state index in [0.717, 1.165) is 155 Å². The number of fused-ring (bicyclic) bond motifs is 4. The first-order valence-corrected chi connectivity index (χ1v) is 45.0. The number of carbonyl (C=O) groups is 6. The van der Waals surface area contributed by atoms with Gasteiger partial charge in [0.05, 0.1) is 45.0 Å². The van der Waals surface area contributed by atoms with Gasteiger partial charge in [0.2, 0.25) is 47.6 Å². The van der Waals surface area contributed by atoms with Gasteiger partial charge in [-0.3, -0.25) is 60.7 Å². The fourth-order valence-electron chi connectivity index (χ4n) is 15.3. The van der Waals surface area contributed by atoms with Crippen LogP contribution >= 0.6 is 0 Å². The molecule has 0 aromatic carbocycles. The maximum absolute atomic E-state index is 13.5. The summed E-state index contributed by atoms with van der Waals surface area (Å²) in [4.78, 5) is 169. The minimum atomic E-state index is -5.08. The van der Waals surface area contributed by atoms with Crippen LogP contribution in [0.15, 0.2) is 43.6 Å². The van der Waals surface area contributed by atoms with Crippen LogP contribution in [0, 0.1) is 47.4 Å². The number of rotatable bonds is 19. The van der Waals surface area contributed by atoms with E-state index < -0.39 is 66.6 Å². The van der Waals surface area contributed by atoms with Crippen LogP contribution in [0.3, 0.4) is 0 Å². The predicted octanol–water partition coefficient (Wildman–Crippen LogP) is 3.61. The van der Waals surface area contributed by atoms with E-state index in [2.05, 4.69) is 132 Å². The summed E-state index contributed by atoms with van der Waals surface area (Å²) in [6.45, 7) is 31.7. The Labute approximate surface area is 813 Å². The first-order chi connectivity index (χ1) is 68.2. The molecule has 784 valence electrons. The maximum atomic E-state index is 13.5. The Morgan fingerprint density at radius 1 is 0.417 bits per heavy atom. The summed E-state index contributed by atoms with van der Waals surface area (Å²) in [6, 6.07) is 4.60. The van der Waals surface area contributed by atoms with E-state index in [0.29, 0.717) is 146 Å². The number of esters is 1. The fraction of sp³-hybridized carbons (Fsp3) is 0.552. The molecule has 2 atom stereocenters. The largest absolute Gasteiger partial charge is 0.490 e. The Hall–Kier alpha value is -15.0. The zero-order valence-corrected chi connectivity index (χ0v) is 80.4.